The molecular weight excluding hydrogens is 453 g/mol. The molecule has 0 spiro atoms. The van der Waals surface area contributed by atoms with Gasteiger partial charge in [0.1, 0.15) is 17.2 Å². The lowest BCUT2D eigenvalue weighted by Crippen LogP contribution is -2.42. The molecule has 1 heterocycles. The Morgan fingerprint density at radius 2 is 1.77 bits per heavy atom. The van der Waals surface area contributed by atoms with E-state index < -0.39 is 17.3 Å². The van der Waals surface area contributed by atoms with Crippen LogP contribution in [0.4, 0.5) is 20.6 Å². The highest BCUT2D eigenvalue weighted by atomic mass is 19.1. The number of benzene rings is 2. The highest BCUT2D eigenvalue weighted by molar-refractivity contribution is 6.05. The van der Waals surface area contributed by atoms with Crippen molar-refractivity contribution in [3.63, 3.8) is 0 Å². The van der Waals surface area contributed by atoms with E-state index in [0.717, 1.165) is 6.07 Å². The van der Waals surface area contributed by atoms with Crippen molar-refractivity contribution in [1.29, 1.82) is 0 Å². The lowest BCUT2D eigenvalue weighted by molar-refractivity contribution is -0.117. The Morgan fingerprint density at radius 3 is 2.40 bits per heavy atom. The molecule has 0 saturated carbocycles. The molecule has 35 heavy (non-hydrogen) atoms. The van der Waals surface area contributed by atoms with E-state index >= 15 is 0 Å². The fourth-order valence-electron chi connectivity index (χ4n) is 3.83. The lowest BCUT2D eigenvalue weighted by atomic mass is 9.93. The topological polar surface area (TPSA) is 97.0 Å². The fraction of sp³-hybridized carbons (Fsp3) is 0.423. The van der Waals surface area contributed by atoms with Gasteiger partial charge in [0, 0.05) is 30.8 Å². The number of amides is 3. The Labute approximate surface area is 204 Å². The molecule has 0 unspecified atom stereocenters. The van der Waals surface area contributed by atoms with Gasteiger partial charge in [0.2, 0.25) is 5.91 Å². The normalized spacial score (nSPS) is 14.3. The summed E-state index contributed by atoms with van der Waals surface area (Å²) in [4.78, 5) is 39.1. The van der Waals surface area contributed by atoms with Crippen LogP contribution < -0.4 is 15.4 Å². The lowest BCUT2D eigenvalue weighted by Gasteiger charge is -2.33. The molecule has 3 amide bonds. The number of carbonyl (C=O) groups is 3. The Morgan fingerprint density at radius 1 is 1.06 bits per heavy atom. The van der Waals surface area contributed by atoms with Crippen LogP contribution in [0.3, 0.4) is 0 Å². The summed E-state index contributed by atoms with van der Waals surface area (Å²) in [5.74, 6) is -0.611. The average molecular weight is 486 g/mol. The summed E-state index contributed by atoms with van der Waals surface area (Å²) in [6.45, 7) is 6.59. The first-order valence-electron chi connectivity index (χ1n) is 11.6. The number of piperidine rings is 1. The summed E-state index contributed by atoms with van der Waals surface area (Å²) in [5, 5.41) is 5.56. The second-order valence-corrected chi connectivity index (χ2v) is 9.54. The van der Waals surface area contributed by atoms with E-state index in [1.54, 1.807) is 23.1 Å². The highest BCUT2D eigenvalue weighted by Gasteiger charge is 2.27. The van der Waals surface area contributed by atoms with E-state index in [2.05, 4.69) is 10.6 Å². The third kappa shape index (κ3) is 7.70. The maximum atomic E-state index is 13.5. The first-order chi connectivity index (χ1) is 16.5. The maximum absolute atomic E-state index is 13.5. The summed E-state index contributed by atoms with van der Waals surface area (Å²) < 4.78 is 24.2. The van der Waals surface area contributed by atoms with Crippen LogP contribution >= 0.6 is 0 Å². The van der Waals surface area contributed by atoms with Gasteiger partial charge in [-0.1, -0.05) is 6.07 Å². The number of rotatable bonds is 6. The van der Waals surface area contributed by atoms with Crippen LogP contribution in [0.2, 0.25) is 0 Å². The molecule has 2 N–H and O–H groups in total. The van der Waals surface area contributed by atoms with E-state index in [0.29, 0.717) is 49.5 Å². The first kappa shape index (κ1) is 26.0. The predicted molar refractivity (Wildman–Crippen MR) is 131 cm³/mol. The Hall–Kier alpha value is -3.62. The molecule has 0 radical (unpaired) electrons. The number of halogens is 1. The molecule has 0 aliphatic carbocycles. The summed E-state index contributed by atoms with van der Waals surface area (Å²) in [5.41, 5.74) is 0.475. The van der Waals surface area contributed by atoms with E-state index in [1.807, 2.05) is 20.8 Å². The zero-order valence-electron chi connectivity index (χ0n) is 20.5. The van der Waals surface area contributed by atoms with Gasteiger partial charge in [0.25, 0.3) is 5.91 Å². The minimum absolute atomic E-state index is 0.152. The minimum Gasteiger partial charge on any atom is -0.495 e. The number of hydrogen-bond donors (Lipinski definition) is 2. The fourth-order valence-corrected chi connectivity index (χ4v) is 3.83. The quantitative estimate of drug-likeness (QED) is 0.596. The van der Waals surface area contributed by atoms with Crippen molar-refractivity contribution < 1.29 is 28.2 Å². The van der Waals surface area contributed by atoms with Crippen molar-refractivity contribution in [1.82, 2.24) is 4.90 Å². The van der Waals surface area contributed by atoms with Gasteiger partial charge in [0.05, 0.1) is 12.8 Å². The Bertz CT molecular complexity index is 1070. The number of carbonyl (C=O) groups excluding carboxylic acids is 3. The van der Waals surface area contributed by atoms with Crippen LogP contribution in [0.1, 0.15) is 50.4 Å². The molecule has 3 rings (SSSR count). The van der Waals surface area contributed by atoms with Crippen molar-refractivity contribution >= 4 is 29.3 Å². The van der Waals surface area contributed by atoms with Crippen LogP contribution in [0, 0.1) is 11.7 Å². The second kappa shape index (κ2) is 11.2. The van der Waals surface area contributed by atoms with Gasteiger partial charge in [-0.15, -0.1) is 0 Å². The van der Waals surface area contributed by atoms with Crippen LogP contribution in [-0.4, -0.2) is 48.6 Å². The Kier molecular flexibility index (Phi) is 8.32. The highest BCUT2D eigenvalue weighted by Crippen LogP contribution is 2.29. The second-order valence-electron chi connectivity index (χ2n) is 9.54. The van der Waals surface area contributed by atoms with Gasteiger partial charge in [-0.05, 0) is 75.9 Å². The zero-order chi connectivity index (χ0) is 25.6. The zero-order valence-corrected chi connectivity index (χ0v) is 20.5. The van der Waals surface area contributed by atoms with Crippen molar-refractivity contribution in [2.24, 2.45) is 5.92 Å². The maximum Gasteiger partial charge on any atom is 0.410 e. The molecule has 2 aromatic carbocycles. The molecule has 188 valence electrons. The molecule has 0 bridgehead atoms. The third-order valence-electron chi connectivity index (χ3n) is 5.56. The number of nitrogens with zero attached hydrogens (tertiary/aromatic N) is 1. The number of nitrogens with one attached hydrogen (secondary N) is 2. The van der Waals surface area contributed by atoms with Gasteiger partial charge in [-0.2, -0.15) is 0 Å². The number of hydrogen-bond acceptors (Lipinski definition) is 5. The molecule has 9 heteroatoms. The summed E-state index contributed by atoms with van der Waals surface area (Å²) in [7, 11) is 1.47. The molecule has 8 nitrogen and oxygen atoms in total. The van der Waals surface area contributed by atoms with E-state index in [-0.39, 0.29) is 23.5 Å². The van der Waals surface area contributed by atoms with Gasteiger partial charge in [-0.25, -0.2) is 9.18 Å². The Balaban J connectivity index is 1.56. The molecule has 1 fully saturated rings. The molecule has 1 aliphatic heterocycles. The third-order valence-corrected chi connectivity index (χ3v) is 5.56. The monoisotopic (exact) mass is 485 g/mol. The largest absolute Gasteiger partial charge is 0.495 e. The number of anilines is 2. The van der Waals surface area contributed by atoms with Crippen molar-refractivity contribution in [2.45, 2.75) is 45.6 Å². The van der Waals surface area contributed by atoms with E-state index in [4.69, 9.17) is 9.47 Å². The average Bonchev–Trinajstić information content (AvgIpc) is 2.78. The van der Waals surface area contributed by atoms with E-state index in [1.165, 1.54) is 25.3 Å². The molecule has 2 aromatic rings. The summed E-state index contributed by atoms with van der Waals surface area (Å²) in [6, 6.07) is 10.3. The molecular formula is C26H32FN3O5. The van der Waals surface area contributed by atoms with Crippen LogP contribution in [-0.2, 0) is 9.53 Å². The molecule has 1 aliphatic rings. The minimum atomic E-state index is -0.540. The van der Waals surface area contributed by atoms with Crippen LogP contribution in [0.5, 0.6) is 5.75 Å². The summed E-state index contributed by atoms with van der Waals surface area (Å²) >= 11 is 0. The SMILES string of the molecule is COc1ccc(NC(=O)CC2CCN(C(=O)OC(C)(C)C)CC2)cc1NC(=O)c1cccc(F)c1. The van der Waals surface area contributed by atoms with Gasteiger partial charge < -0.3 is 25.0 Å². The predicted octanol–water partition coefficient (Wildman–Crippen LogP) is 5.06. The van der Waals surface area contributed by atoms with Crippen LogP contribution in [0.25, 0.3) is 0 Å². The van der Waals surface area contributed by atoms with Crippen molar-refractivity contribution in [3.8, 4) is 5.75 Å². The van der Waals surface area contributed by atoms with Gasteiger partial charge >= 0.3 is 6.09 Å². The standard InChI is InChI=1S/C26H32FN3O5/c1-26(2,3)35-25(33)30-12-10-17(11-13-30)14-23(31)28-20-8-9-22(34-4)21(16-20)29-24(32)18-6-5-7-19(27)15-18/h5-9,15-17H,10-14H2,1-4H3,(H,28,31)(H,29,32). The van der Waals surface area contributed by atoms with Crippen molar-refractivity contribution in [2.75, 3.05) is 30.8 Å². The summed E-state index contributed by atoms with van der Waals surface area (Å²) in [6.07, 6.45) is 1.42. The van der Waals surface area contributed by atoms with Crippen molar-refractivity contribution in [3.05, 3.63) is 53.8 Å². The number of methoxy groups -OCH3 is 1. The van der Waals surface area contributed by atoms with Crippen LogP contribution in [0.15, 0.2) is 42.5 Å². The van der Waals surface area contributed by atoms with Gasteiger partial charge in [0.15, 0.2) is 0 Å². The first-order valence-corrected chi connectivity index (χ1v) is 11.6. The number of likely N-dealkylation sites (tertiary alicyclic amines) is 1. The molecule has 0 atom stereocenters. The number of ether oxygens (including phenoxy) is 2. The van der Waals surface area contributed by atoms with Gasteiger partial charge in [-0.3, -0.25) is 9.59 Å². The van der Waals surface area contributed by atoms with E-state index in [9.17, 15) is 18.8 Å². The smallest absolute Gasteiger partial charge is 0.410 e. The molecule has 0 aromatic heterocycles. The molecule has 1 saturated heterocycles.